The van der Waals surface area contributed by atoms with Crippen LogP contribution in [-0.2, 0) is 9.59 Å². The molecule has 10 heteroatoms. The monoisotopic (exact) mass is 509 g/mol. The fraction of sp³-hybridized carbons (Fsp3) is 0.385. The van der Waals surface area contributed by atoms with Gasteiger partial charge in [-0.3, -0.25) is 19.3 Å². The van der Waals surface area contributed by atoms with Crippen molar-refractivity contribution in [2.75, 3.05) is 49.6 Å². The van der Waals surface area contributed by atoms with Gasteiger partial charge in [-0.15, -0.1) is 0 Å². The van der Waals surface area contributed by atoms with Gasteiger partial charge in [-0.05, 0) is 62.3 Å². The summed E-state index contributed by atoms with van der Waals surface area (Å²) in [7, 11) is 1.78. The highest BCUT2D eigenvalue weighted by Gasteiger charge is 2.31. The largest absolute Gasteiger partial charge is 0.432 e. The first-order valence-electron chi connectivity index (χ1n) is 12.1. The molecule has 0 aliphatic carbocycles. The van der Waals surface area contributed by atoms with E-state index in [1.807, 2.05) is 24.3 Å². The quantitative estimate of drug-likeness (QED) is 0.524. The molecule has 188 valence electrons. The molecular weight excluding hydrogens is 482 g/mol. The number of rotatable bonds is 7. The van der Waals surface area contributed by atoms with E-state index in [2.05, 4.69) is 15.2 Å². The average molecular weight is 510 g/mol. The number of likely N-dealkylation sites (N-methyl/N-ethyl adjacent to an activating group) is 1. The Kier molecular flexibility index (Phi) is 6.93. The third-order valence-electron chi connectivity index (χ3n) is 6.78. The van der Waals surface area contributed by atoms with Crippen LogP contribution in [-0.4, -0.2) is 67.4 Å². The molecule has 3 aromatic rings. The normalized spacial score (nSPS) is 18.2. The number of carbonyl (C=O) groups is 3. The molecule has 3 heterocycles. The first kappa shape index (κ1) is 24.3. The van der Waals surface area contributed by atoms with E-state index in [0.29, 0.717) is 42.2 Å². The third kappa shape index (κ3) is 5.22. The first-order valence-corrected chi connectivity index (χ1v) is 12.5. The molecule has 36 heavy (non-hydrogen) atoms. The van der Waals surface area contributed by atoms with Crippen molar-refractivity contribution in [3.63, 3.8) is 0 Å². The predicted molar refractivity (Wildman–Crippen MR) is 137 cm³/mol. The summed E-state index contributed by atoms with van der Waals surface area (Å²) in [6.45, 7) is 3.19. The van der Waals surface area contributed by atoms with E-state index in [1.165, 1.54) is 0 Å². The van der Waals surface area contributed by atoms with Crippen LogP contribution in [0.5, 0.6) is 0 Å². The Balaban J connectivity index is 1.15. The molecular formula is C26H28ClN5O4. The fourth-order valence-electron chi connectivity index (χ4n) is 4.71. The number of halogens is 1. The maximum atomic E-state index is 12.7. The lowest BCUT2D eigenvalue weighted by molar-refractivity contribution is -0.119. The molecule has 0 bridgehead atoms. The maximum Gasteiger partial charge on any atom is 0.307 e. The Morgan fingerprint density at radius 2 is 1.92 bits per heavy atom. The van der Waals surface area contributed by atoms with Crippen LogP contribution in [0.4, 0.5) is 11.4 Å². The maximum absolute atomic E-state index is 12.7. The molecule has 1 N–H and O–H groups in total. The highest BCUT2D eigenvalue weighted by Crippen LogP contribution is 2.27. The molecule has 0 spiro atoms. The van der Waals surface area contributed by atoms with Crippen LogP contribution in [0.3, 0.4) is 0 Å². The van der Waals surface area contributed by atoms with Crippen LogP contribution in [0, 0.1) is 5.92 Å². The van der Waals surface area contributed by atoms with E-state index in [0.717, 1.165) is 37.3 Å². The van der Waals surface area contributed by atoms with Crippen LogP contribution >= 0.6 is 11.6 Å². The van der Waals surface area contributed by atoms with Gasteiger partial charge in [-0.2, -0.15) is 0 Å². The topological polar surface area (TPSA) is 99.0 Å². The van der Waals surface area contributed by atoms with Gasteiger partial charge in [-0.25, -0.2) is 4.98 Å². The number of anilines is 2. The van der Waals surface area contributed by atoms with Crippen LogP contribution in [0.2, 0.25) is 5.02 Å². The lowest BCUT2D eigenvalue weighted by Gasteiger charge is -2.22. The van der Waals surface area contributed by atoms with Gasteiger partial charge in [0.2, 0.25) is 11.8 Å². The molecule has 2 aromatic carbocycles. The molecule has 2 aliphatic rings. The smallest absolute Gasteiger partial charge is 0.307 e. The summed E-state index contributed by atoms with van der Waals surface area (Å²) in [4.78, 5) is 47.5. The summed E-state index contributed by atoms with van der Waals surface area (Å²) in [6, 6.07) is 12.4. The second kappa shape index (κ2) is 10.3. The molecule has 1 aromatic heterocycles. The van der Waals surface area contributed by atoms with Gasteiger partial charge in [0, 0.05) is 54.9 Å². The van der Waals surface area contributed by atoms with E-state index in [9.17, 15) is 14.4 Å². The predicted octanol–water partition coefficient (Wildman–Crippen LogP) is 3.32. The number of likely N-dealkylation sites (tertiary alicyclic amines) is 1. The number of aromatic nitrogens is 1. The number of nitrogens with zero attached hydrogens (tertiary/aromatic N) is 4. The van der Waals surface area contributed by atoms with Gasteiger partial charge in [0.25, 0.3) is 5.89 Å². The molecule has 1 atom stereocenters. The molecule has 3 amide bonds. The van der Waals surface area contributed by atoms with Gasteiger partial charge in [0.15, 0.2) is 5.58 Å². The van der Waals surface area contributed by atoms with Crippen molar-refractivity contribution in [2.45, 2.75) is 19.3 Å². The highest BCUT2D eigenvalue weighted by molar-refractivity contribution is 6.31. The molecule has 0 radical (unpaired) electrons. The molecule has 2 saturated heterocycles. The lowest BCUT2D eigenvalue weighted by atomic mass is 10.1. The van der Waals surface area contributed by atoms with Gasteiger partial charge in [0.05, 0.1) is 6.54 Å². The Bertz CT molecular complexity index is 1290. The Morgan fingerprint density at radius 3 is 2.67 bits per heavy atom. The SMILES string of the molecule is CN(C(=O)CN1CCCC1)c1ccc(N2CC(CNC(=O)c3nc4ccc(Cl)cc4o3)CC2=O)cc1. The Labute approximate surface area is 214 Å². The zero-order valence-electron chi connectivity index (χ0n) is 20.1. The van der Waals surface area contributed by atoms with Gasteiger partial charge >= 0.3 is 5.91 Å². The highest BCUT2D eigenvalue weighted by atomic mass is 35.5. The van der Waals surface area contributed by atoms with E-state index in [4.69, 9.17) is 16.0 Å². The summed E-state index contributed by atoms with van der Waals surface area (Å²) in [6.07, 6.45) is 2.62. The number of benzene rings is 2. The number of amides is 3. The van der Waals surface area contributed by atoms with Crippen molar-refractivity contribution in [1.82, 2.24) is 15.2 Å². The minimum Gasteiger partial charge on any atom is -0.432 e. The number of hydrogen-bond acceptors (Lipinski definition) is 6. The van der Waals surface area contributed by atoms with Crippen LogP contribution in [0.25, 0.3) is 11.1 Å². The van der Waals surface area contributed by atoms with Gasteiger partial charge in [0.1, 0.15) is 5.52 Å². The van der Waals surface area contributed by atoms with Crippen LogP contribution in [0.15, 0.2) is 46.9 Å². The molecule has 9 nitrogen and oxygen atoms in total. The molecule has 2 fully saturated rings. The summed E-state index contributed by atoms with van der Waals surface area (Å²) in [5.41, 5.74) is 2.56. The van der Waals surface area contributed by atoms with E-state index in [-0.39, 0.29) is 23.6 Å². The Morgan fingerprint density at radius 1 is 1.17 bits per heavy atom. The average Bonchev–Trinajstić information content (AvgIpc) is 3.62. The molecule has 1 unspecified atom stereocenters. The van der Waals surface area contributed by atoms with E-state index < -0.39 is 5.91 Å². The van der Waals surface area contributed by atoms with Crippen molar-refractivity contribution in [2.24, 2.45) is 5.92 Å². The number of carbonyl (C=O) groups excluding carboxylic acids is 3. The third-order valence-corrected chi connectivity index (χ3v) is 7.02. The summed E-state index contributed by atoms with van der Waals surface area (Å²) >= 11 is 5.96. The van der Waals surface area contributed by atoms with Gasteiger partial charge < -0.3 is 19.5 Å². The minimum atomic E-state index is -0.431. The molecule has 2 aliphatic heterocycles. The minimum absolute atomic E-state index is 0.00281. The van der Waals surface area contributed by atoms with Crippen molar-refractivity contribution >= 4 is 51.8 Å². The number of nitrogens with one attached hydrogen (secondary N) is 1. The summed E-state index contributed by atoms with van der Waals surface area (Å²) < 4.78 is 5.51. The number of hydrogen-bond donors (Lipinski definition) is 1. The summed E-state index contributed by atoms with van der Waals surface area (Å²) in [5, 5.41) is 3.32. The second-order valence-corrected chi connectivity index (χ2v) is 9.80. The standard InChI is InChI=1S/C26H28ClN5O4/c1-30(24(34)16-31-10-2-3-11-31)19-5-7-20(8-6-19)32-15-17(12-23(32)33)14-28-25(35)26-29-21-9-4-18(27)13-22(21)36-26/h4-9,13,17H,2-3,10-12,14-16H2,1H3,(H,28,35). The van der Waals surface area contributed by atoms with Crippen LogP contribution in [0.1, 0.15) is 29.9 Å². The first-order chi connectivity index (χ1) is 17.4. The van der Waals surface area contributed by atoms with Crippen molar-refractivity contribution in [1.29, 1.82) is 0 Å². The summed E-state index contributed by atoms with van der Waals surface area (Å²) in [5.74, 6) is -0.451. The number of oxazole rings is 1. The molecule has 5 rings (SSSR count). The van der Waals surface area contributed by atoms with Crippen molar-refractivity contribution in [3.05, 3.63) is 53.4 Å². The molecule has 0 saturated carbocycles. The van der Waals surface area contributed by atoms with E-state index in [1.54, 1.807) is 35.0 Å². The van der Waals surface area contributed by atoms with Gasteiger partial charge in [-0.1, -0.05) is 11.6 Å². The van der Waals surface area contributed by atoms with Crippen molar-refractivity contribution in [3.8, 4) is 0 Å². The zero-order chi connectivity index (χ0) is 25.2. The second-order valence-electron chi connectivity index (χ2n) is 9.37. The zero-order valence-corrected chi connectivity index (χ0v) is 20.8. The number of fused-ring (bicyclic) bond motifs is 1. The van der Waals surface area contributed by atoms with Crippen LogP contribution < -0.4 is 15.1 Å². The van der Waals surface area contributed by atoms with E-state index >= 15 is 0 Å². The van der Waals surface area contributed by atoms with Crippen molar-refractivity contribution < 1.29 is 18.8 Å². The lowest BCUT2D eigenvalue weighted by Crippen LogP contribution is -2.37. The fourth-order valence-corrected chi connectivity index (χ4v) is 4.88. The Hall–Kier alpha value is -3.43.